The highest BCUT2D eigenvalue weighted by molar-refractivity contribution is 6.30. The van der Waals surface area contributed by atoms with Crippen molar-refractivity contribution in [2.24, 2.45) is 5.10 Å². The summed E-state index contributed by atoms with van der Waals surface area (Å²) in [4.78, 5) is 11.7. The van der Waals surface area contributed by atoms with E-state index in [9.17, 15) is 9.18 Å². The average Bonchev–Trinajstić information content (AvgIpc) is 2.74. The summed E-state index contributed by atoms with van der Waals surface area (Å²) in [6.07, 6.45) is 1.51. The molecule has 0 bridgehead atoms. The molecule has 0 saturated heterocycles. The lowest BCUT2D eigenvalue weighted by atomic mass is 10.2. The van der Waals surface area contributed by atoms with Crippen molar-refractivity contribution in [1.82, 2.24) is 5.43 Å². The Kier molecular flexibility index (Phi) is 7.19. The molecule has 148 valence electrons. The van der Waals surface area contributed by atoms with Gasteiger partial charge in [-0.25, -0.2) is 9.82 Å². The van der Waals surface area contributed by atoms with Gasteiger partial charge in [0, 0.05) is 5.02 Å². The normalized spacial score (nSPS) is 10.7. The van der Waals surface area contributed by atoms with E-state index in [4.69, 9.17) is 21.1 Å². The summed E-state index contributed by atoms with van der Waals surface area (Å²) in [7, 11) is 0. The molecule has 1 N–H and O–H groups in total. The second-order valence-electron chi connectivity index (χ2n) is 6.02. The third kappa shape index (κ3) is 6.93. The van der Waals surface area contributed by atoms with Crippen LogP contribution in [-0.4, -0.2) is 18.7 Å². The van der Waals surface area contributed by atoms with Crippen LogP contribution in [0.3, 0.4) is 0 Å². The third-order valence-corrected chi connectivity index (χ3v) is 4.04. The van der Waals surface area contributed by atoms with E-state index in [1.807, 2.05) is 48.5 Å². The number of hydrazone groups is 1. The first-order valence-electron chi connectivity index (χ1n) is 8.76. The molecule has 0 aliphatic heterocycles. The van der Waals surface area contributed by atoms with Gasteiger partial charge in [-0.2, -0.15) is 5.10 Å². The highest BCUT2D eigenvalue weighted by atomic mass is 35.5. The second-order valence-corrected chi connectivity index (χ2v) is 6.46. The zero-order valence-electron chi connectivity index (χ0n) is 15.3. The molecule has 7 heteroatoms. The maximum absolute atomic E-state index is 12.8. The van der Waals surface area contributed by atoms with E-state index in [1.165, 1.54) is 30.5 Å². The molecule has 3 rings (SSSR count). The Morgan fingerprint density at radius 1 is 0.931 bits per heavy atom. The number of rotatable bonds is 8. The van der Waals surface area contributed by atoms with E-state index in [1.54, 1.807) is 0 Å². The van der Waals surface area contributed by atoms with Gasteiger partial charge in [0.05, 0.1) is 6.21 Å². The van der Waals surface area contributed by atoms with Crippen LogP contribution in [0, 0.1) is 5.82 Å². The maximum atomic E-state index is 12.8. The van der Waals surface area contributed by atoms with Crippen LogP contribution in [-0.2, 0) is 11.4 Å². The van der Waals surface area contributed by atoms with E-state index in [-0.39, 0.29) is 12.4 Å². The Hall–Kier alpha value is -3.38. The number of nitrogens with zero attached hydrogens (tertiary/aromatic N) is 1. The molecule has 0 fully saturated rings. The molecule has 5 nitrogen and oxygen atoms in total. The Bertz CT molecular complexity index is 959. The van der Waals surface area contributed by atoms with E-state index in [0.29, 0.717) is 23.1 Å². The van der Waals surface area contributed by atoms with Gasteiger partial charge in [0.1, 0.15) is 23.9 Å². The Morgan fingerprint density at radius 3 is 2.24 bits per heavy atom. The van der Waals surface area contributed by atoms with E-state index in [0.717, 1.165) is 11.1 Å². The predicted molar refractivity (Wildman–Crippen MR) is 110 cm³/mol. The SMILES string of the molecule is O=C(COc1ccc(F)cc1)NN=Cc1ccc(OCc2ccc(Cl)cc2)cc1. The topological polar surface area (TPSA) is 59.9 Å². The van der Waals surface area contributed by atoms with Gasteiger partial charge in [0.15, 0.2) is 6.61 Å². The average molecular weight is 413 g/mol. The van der Waals surface area contributed by atoms with Crippen LogP contribution >= 0.6 is 11.6 Å². The number of carbonyl (C=O) groups excluding carboxylic acids is 1. The molecule has 3 aromatic rings. The fraction of sp³-hybridized carbons (Fsp3) is 0.0909. The number of benzene rings is 3. The Labute approximate surface area is 172 Å². The lowest BCUT2D eigenvalue weighted by Gasteiger charge is -2.06. The van der Waals surface area contributed by atoms with Gasteiger partial charge in [-0.1, -0.05) is 23.7 Å². The summed E-state index contributed by atoms with van der Waals surface area (Å²) < 4.78 is 23.8. The zero-order chi connectivity index (χ0) is 20.5. The Morgan fingerprint density at radius 2 is 1.55 bits per heavy atom. The molecule has 0 saturated carbocycles. The number of ether oxygens (including phenoxy) is 2. The van der Waals surface area contributed by atoms with Gasteiger partial charge in [0.2, 0.25) is 0 Å². The molecule has 0 unspecified atom stereocenters. The Balaban J connectivity index is 1.41. The maximum Gasteiger partial charge on any atom is 0.277 e. The van der Waals surface area contributed by atoms with Crippen molar-refractivity contribution in [2.45, 2.75) is 6.61 Å². The largest absolute Gasteiger partial charge is 0.489 e. The molecular weight excluding hydrogens is 395 g/mol. The van der Waals surface area contributed by atoms with Gasteiger partial charge < -0.3 is 9.47 Å². The summed E-state index contributed by atoms with van der Waals surface area (Å²) in [5, 5.41) is 4.57. The number of hydrogen-bond acceptors (Lipinski definition) is 4. The molecule has 3 aromatic carbocycles. The van der Waals surface area contributed by atoms with Crippen LogP contribution in [0.25, 0.3) is 0 Å². The fourth-order valence-electron chi connectivity index (χ4n) is 2.29. The second kappa shape index (κ2) is 10.2. The summed E-state index contributed by atoms with van der Waals surface area (Å²) in [6, 6.07) is 20.1. The predicted octanol–water partition coefficient (Wildman–Crippen LogP) is 4.59. The van der Waals surface area contributed by atoms with Crippen LogP contribution in [0.5, 0.6) is 11.5 Å². The molecule has 1 amide bonds. The first-order chi connectivity index (χ1) is 14.1. The van der Waals surface area contributed by atoms with Crippen molar-refractivity contribution < 1.29 is 18.7 Å². The molecule has 0 atom stereocenters. The standard InChI is InChI=1S/C22H18ClFN2O3/c23-18-5-1-17(2-6-18)14-28-20-9-3-16(4-10-20)13-25-26-22(27)15-29-21-11-7-19(24)8-12-21/h1-13H,14-15H2,(H,26,27). The van der Waals surface area contributed by atoms with Gasteiger partial charge in [-0.15, -0.1) is 0 Å². The van der Waals surface area contributed by atoms with Crippen molar-refractivity contribution in [3.8, 4) is 11.5 Å². The summed E-state index contributed by atoms with van der Waals surface area (Å²) in [6.45, 7) is 0.217. The molecule has 0 heterocycles. The van der Waals surface area contributed by atoms with Crippen molar-refractivity contribution in [1.29, 1.82) is 0 Å². The monoisotopic (exact) mass is 412 g/mol. The number of hydrogen-bond donors (Lipinski definition) is 1. The molecule has 0 aliphatic carbocycles. The van der Waals surface area contributed by atoms with Gasteiger partial charge >= 0.3 is 0 Å². The van der Waals surface area contributed by atoms with E-state index >= 15 is 0 Å². The van der Waals surface area contributed by atoms with Gasteiger partial charge in [-0.3, -0.25) is 4.79 Å². The number of nitrogens with one attached hydrogen (secondary N) is 1. The quantitative estimate of drug-likeness (QED) is 0.435. The minimum atomic E-state index is -0.423. The molecule has 29 heavy (non-hydrogen) atoms. The van der Waals surface area contributed by atoms with Crippen molar-refractivity contribution >= 4 is 23.7 Å². The molecule has 0 spiro atoms. The number of halogens is 2. The van der Waals surface area contributed by atoms with Crippen molar-refractivity contribution in [3.05, 3.63) is 94.8 Å². The highest BCUT2D eigenvalue weighted by Gasteiger charge is 2.02. The lowest BCUT2D eigenvalue weighted by Crippen LogP contribution is -2.24. The van der Waals surface area contributed by atoms with Crippen LogP contribution in [0.4, 0.5) is 4.39 Å². The van der Waals surface area contributed by atoms with E-state index in [2.05, 4.69) is 10.5 Å². The minimum absolute atomic E-state index is 0.222. The van der Waals surface area contributed by atoms with E-state index < -0.39 is 5.91 Å². The van der Waals surface area contributed by atoms with Crippen LogP contribution in [0.1, 0.15) is 11.1 Å². The zero-order valence-corrected chi connectivity index (χ0v) is 16.1. The smallest absolute Gasteiger partial charge is 0.277 e. The minimum Gasteiger partial charge on any atom is -0.489 e. The first kappa shape index (κ1) is 20.4. The fourth-order valence-corrected chi connectivity index (χ4v) is 2.41. The number of carbonyl (C=O) groups is 1. The summed E-state index contributed by atoms with van der Waals surface area (Å²) >= 11 is 5.86. The van der Waals surface area contributed by atoms with Crippen LogP contribution in [0.2, 0.25) is 5.02 Å². The third-order valence-electron chi connectivity index (χ3n) is 3.79. The van der Waals surface area contributed by atoms with Gasteiger partial charge in [-0.05, 0) is 71.8 Å². The molecule has 0 aromatic heterocycles. The molecular formula is C22H18ClFN2O3. The number of amides is 1. The van der Waals surface area contributed by atoms with Crippen LogP contribution in [0.15, 0.2) is 77.9 Å². The highest BCUT2D eigenvalue weighted by Crippen LogP contribution is 2.15. The summed E-state index contributed by atoms with van der Waals surface area (Å²) in [5.74, 6) is 0.329. The first-order valence-corrected chi connectivity index (χ1v) is 9.14. The molecule has 0 radical (unpaired) electrons. The van der Waals surface area contributed by atoms with Crippen LogP contribution < -0.4 is 14.9 Å². The molecule has 0 aliphatic rings. The summed E-state index contributed by atoms with van der Waals surface area (Å²) in [5.41, 5.74) is 4.18. The lowest BCUT2D eigenvalue weighted by molar-refractivity contribution is -0.123. The van der Waals surface area contributed by atoms with Crippen molar-refractivity contribution in [2.75, 3.05) is 6.61 Å². The van der Waals surface area contributed by atoms with Crippen molar-refractivity contribution in [3.63, 3.8) is 0 Å². The van der Waals surface area contributed by atoms with Gasteiger partial charge in [0.25, 0.3) is 5.91 Å².